The number of aryl methyl sites for hydroxylation is 1. The maximum Gasteiger partial charge on any atom is 0.170 e. The van der Waals surface area contributed by atoms with Crippen molar-refractivity contribution in [1.29, 1.82) is 0 Å². The molecule has 2 rings (SSSR count). The molecular formula is C14H9F4N. The van der Waals surface area contributed by atoms with Gasteiger partial charge in [0.1, 0.15) is 0 Å². The van der Waals surface area contributed by atoms with Crippen LogP contribution in [0.5, 0.6) is 0 Å². The van der Waals surface area contributed by atoms with Gasteiger partial charge in [0.2, 0.25) is 0 Å². The summed E-state index contributed by atoms with van der Waals surface area (Å²) in [5.41, 5.74) is 0.584. The third kappa shape index (κ3) is 2.81. The molecule has 5 heteroatoms. The third-order valence-corrected chi connectivity index (χ3v) is 2.52. The van der Waals surface area contributed by atoms with E-state index < -0.39 is 28.8 Å². The van der Waals surface area contributed by atoms with Crippen molar-refractivity contribution in [2.45, 2.75) is 6.92 Å². The predicted molar refractivity (Wildman–Crippen MR) is 64.7 cm³/mol. The lowest BCUT2D eigenvalue weighted by Gasteiger charge is -2.02. The number of benzene rings is 2. The average Bonchev–Trinajstić information content (AvgIpc) is 2.38. The van der Waals surface area contributed by atoms with E-state index in [9.17, 15) is 17.6 Å². The molecule has 0 bridgehead atoms. The zero-order valence-electron chi connectivity index (χ0n) is 9.92. The number of nitrogens with zero attached hydrogens (tertiary/aromatic N) is 1. The summed E-state index contributed by atoms with van der Waals surface area (Å²) in [4.78, 5) is 3.78. The highest BCUT2D eigenvalue weighted by atomic mass is 19.2. The van der Waals surface area contributed by atoms with Crippen LogP contribution in [0.15, 0.2) is 35.3 Å². The molecule has 0 N–H and O–H groups in total. The molecule has 0 atom stereocenters. The third-order valence-electron chi connectivity index (χ3n) is 2.52. The normalized spacial score (nSPS) is 11.2. The topological polar surface area (TPSA) is 12.4 Å². The first-order chi connectivity index (χ1) is 8.99. The number of hydrogen-bond acceptors (Lipinski definition) is 1. The molecule has 0 aliphatic rings. The Morgan fingerprint density at radius 2 is 1.42 bits per heavy atom. The smallest absolute Gasteiger partial charge is 0.170 e. The number of aliphatic imine (C=N–C) groups is 1. The van der Waals surface area contributed by atoms with E-state index in [0.29, 0.717) is 5.69 Å². The van der Waals surface area contributed by atoms with Crippen molar-refractivity contribution >= 4 is 11.9 Å². The molecule has 0 aliphatic carbocycles. The monoisotopic (exact) mass is 267 g/mol. The van der Waals surface area contributed by atoms with Gasteiger partial charge >= 0.3 is 0 Å². The molecule has 2 aromatic carbocycles. The van der Waals surface area contributed by atoms with Gasteiger partial charge in [-0.25, -0.2) is 17.6 Å². The summed E-state index contributed by atoms with van der Waals surface area (Å²) < 4.78 is 52.6. The van der Waals surface area contributed by atoms with Crippen LogP contribution in [0.25, 0.3) is 0 Å². The summed E-state index contributed by atoms with van der Waals surface area (Å²) in [7, 11) is 0. The molecule has 0 heterocycles. The van der Waals surface area contributed by atoms with Crippen LogP contribution < -0.4 is 0 Å². The van der Waals surface area contributed by atoms with E-state index in [4.69, 9.17) is 0 Å². The molecule has 0 saturated carbocycles. The molecule has 0 radical (unpaired) electrons. The van der Waals surface area contributed by atoms with Crippen molar-refractivity contribution in [2.24, 2.45) is 4.99 Å². The molecule has 98 valence electrons. The Balaban J connectivity index is 2.41. The van der Waals surface area contributed by atoms with Gasteiger partial charge in [0.05, 0.1) is 11.3 Å². The standard InChI is InChI=1S/C14H9F4N/c1-8-2-4-9(5-3-8)19-7-10-13(17)11(15)6-12(16)14(10)18/h2-7H,1H3. The molecule has 0 saturated heterocycles. The Morgan fingerprint density at radius 3 is 1.95 bits per heavy atom. The molecule has 0 fully saturated rings. The molecule has 0 spiro atoms. The van der Waals surface area contributed by atoms with Crippen molar-refractivity contribution in [3.05, 3.63) is 64.7 Å². The molecule has 0 unspecified atom stereocenters. The first-order valence-corrected chi connectivity index (χ1v) is 5.43. The number of rotatable bonds is 2. The Morgan fingerprint density at radius 1 is 0.895 bits per heavy atom. The van der Waals surface area contributed by atoms with Crippen molar-refractivity contribution in [1.82, 2.24) is 0 Å². The minimum atomic E-state index is -1.46. The largest absolute Gasteiger partial charge is 0.256 e. The lowest BCUT2D eigenvalue weighted by molar-refractivity contribution is 0.452. The quantitative estimate of drug-likeness (QED) is 0.437. The minimum Gasteiger partial charge on any atom is -0.256 e. The fourth-order valence-electron chi connectivity index (χ4n) is 1.47. The van der Waals surface area contributed by atoms with Gasteiger partial charge in [-0.3, -0.25) is 4.99 Å². The first kappa shape index (κ1) is 13.3. The SMILES string of the molecule is Cc1ccc(N=Cc2c(F)c(F)cc(F)c2F)cc1. The van der Waals surface area contributed by atoms with Crippen LogP contribution in [0.3, 0.4) is 0 Å². The predicted octanol–water partition coefficient (Wildman–Crippen LogP) is 4.30. The van der Waals surface area contributed by atoms with E-state index in [1.165, 1.54) is 0 Å². The van der Waals surface area contributed by atoms with Crippen LogP contribution in [0.1, 0.15) is 11.1 Å². The van der Waals surface area contributed by atoms with Gasteiger partial charge in [-0.15, -0.1) is 0 Å². The van der Waals surface area contributed by atoms with Crippen molar-refractivity contribution in [2.75, 3.05) is 0 Å². The fraction of sp³-hybridized carbons (Fsp3) is 0.0714. The molecule has 19 heavy (non-hydrogen) atoms. The Bertz CT molecular complexity index is 607. The van der Waals surface area contributed by atoms with Gasteiger partial charge in [-0.05, 0) is 19.1 Å². The Hall–Kier alpha value is -2.17. The van der Waals surface area contributed by atoms with E-state index in [0.717, 1.165) is 11.8 Å². The van der Waals surface area contributed by atoms with Gasteiger partial charge in [0, 0.05) is 12.3 Å². The fourth-order valence-corrected chi connectivity index (χ4v) is 1.47. The Labute approximate surface area is 107 Å². The second-order valence-electron chi connectivity index (χ2n) is 3.98. The van der Waals surface area contributed by atoms with Crippen molar-refractivity contribution in [3.8, 4) is 0 Å². The summed E-state index contributed by atoms with van der Waals surface area (Å²) in [6.07, 6.45) is 0.765. The van der Waals surface area contributed by atoms with Crippen LogP contribution >= 0.6 is 0 Å². The maximum atomic E-state index is 13.3. The summed E-state index contributed by atoms with van der Waals surface area (Å²) in [6, 6.07) is 6.92. The number of halogens is 4. The lowest BCUT2D eigenvalue weighted by Crippen LogP contribution is -2.01. The lowest BCUT2D eigenvalue weighted by atomic mass is 10.2. The molecule has 2 aromatic rings. The summed E-state index contributed by atoms with van der Waals surface area (Å²) in [5, 5.41) is 0. The maximum absolute atomic E-state index is 13.3. The van der Waals surface area contributed by atoms with Crippen LogP contribution in [0.2, 0.25) is 0 Å². The second kappa shape index (κ2) is 5.22. The highest BCUT2D eigenvalue weighted by molar-refractivity contribution is 5.82. The van der Waals surface area contributed by atoms with Gasteiger partial charge in [0.25, 0.3) is 0 Å². The highest BCUT2D eigenvalue weighted by Gasteiger charge is 2.17. The highest BCUT2D eigenvalue weighted by Crippen LogP contribution is 2.19. The van der Waals surface area contributed by atoms with E-state index in [-0.39, 0.29) is 6.07 Å². The van der Waals surface area contributed by atoms with Gasteiger partial charge < -0.3 is 0 Å². The van der Waals surface area contributed by atoms with Crippen LogP contribution in [0.4, 0.5) is 23.2 Å². The van der Waals surface area contributed by atoms with Crippen LogP contribution in [0, 0.1) is 30.2 Å². The second-order valence-corrected chi connectivity index (χ2v) is 3.98. The summed E-state index contributed by atoms with van der Waals surface area (Å²) in [6.45, 7) is 1.87. The van der Waals surface area contributed by atoms with Crippen LogP contribution in [-0.2, 0) is 0 Å². The van der Waals surface area contributed by atoms with Gasteiger partial charge in [0.15, 0.2) is 23.3 Å². The zero-order valence-corrected chi connectivity index (χ0v) is 9.92. The molecular weight excluding hydrogens is 258 g/mol. The molecule has 0 amide bonds. The van der Waals surface area contributed by atoms with Crippen molar-refractivity contribution < 1.29 is 17.6 Å². The zero-order chi connectivity index (χ0) is 14.0. The first-order valence-electron chi connectivity index (χ1n) is 5.43. The van der Waals surface area contributed by atoms with E-state index in [2.05, 4.69) is 4.99 Å². The van der Waals surface area contributed by atoms with Crippen LogP contribution in [-0.4, -0.2) is 6.21 Å². The van der Waals surface area contributed by atoms with Gasteiger partial charge in [-0.2, -0.15) is 0 Å². The van der Waals surface area contributed by atoms with E-state index >= 15 is 0 Å². The average molecular weight is 267 g/mol. The van der Waals surface area contributed by atoms with Crippen molar-refractivity contribution in [3.63, 3.8) is 0 Å². The summed E-state index contributed by atoms with van der Waals surface area (Å²) in [5.74, 6) is -5.84. The van der Waals surface area contributed by atoms with E-state index in [1.807, 2.05) is 6.92 Å². The molecule has 0 aliphatic heterocycles. The van der Waals surface area contributed by atoms with E-state index in [1.54, 1.807) is 24.3 Å². The van der Waals surface area contributed by atoms with Gasteiger partial charge in [-0.1, -0.05) is 17.7 Å². The summed E-state index contributed by atoms with van der Waals surface area (Å²) >= 11 is 0. The Kier molecular flexibility index (Phi) is 3.64. The minimum absolute atomic E-state index is 0.161. The molecule has 1 nitrogen and oxygen atoms in total. The molecule has 0 aromatic heterocycles. The number of hydrogen-bond donors (Lipinski definition) is 0.